The first kappa shape index (κ1) is 17.0. The number of amides is 1. The van der Waals surface area contributed by atoms with Crippen LogP contribution < -0.4 is 10.6 Å². The molecule has 1 fully saturated rings. The van der Waals surface area contributed by atoms with Crippen molar-refractivity contribution in [2.75, 3.05) is 13.1 Å². The fourth-order valence-corrected chi connectivity index (χ4v) is 2.44. The number of hydrogen-bond acceptors (Lipinski definition) is 2. The molecule has 0 radical (unpaired) electrons. The quantitative estimate of drug-likeness (QED) is 0.877. The fourth-order valence-electron chi connectivity index (χ4n) is 2.44. The summed E-state index contributed by atoms with van der Waals surface area (Å²) < 4.78 is 0. The van der Waals surface area contributed by atoms with Gasteiger partial charge in [-0.1, -0.05) is 38.1 Å². The van der Waals surface area contributed by atoms with E-state index in [9.17, 15) is 4.79 Å². The van der Waals surface area contributed by atoms with Gasteiger partial charge in [-0.05, 0) is 42.5 Å². The Bertz CT molecular complexity index is 411. The average molecular weight is 297 g/mol. The van der Waals surface area contributed by atoms with E-state index in [0.29, 0.717) is 24.8 Å². The maximum absolute atomic E-state index is 11.8. The van der Waals surface area contributed by atoms with E-state index in [0.717, 1.165) is 19.5 Å². The van der Waals surface area contributed by atoms with Gasteiger partial charge in [0, 0.05) is 13.0 Å². The van der Waals surface area contributed by atoms with Gasteiger partial charge in [0.2, 0.25) is 5.91 Å². The molecule has 3 nitrogen and oxygen atoms in total. The van der Waals surface area contributed by atoms with E-state index in [1.165, 1.54) is 11.1 Å². The SMILES string of the molecule is CC(C)c1ccc(CNC(=O)CC2CCNC2)cc1.Cl. The van der Waals surface area contributed by atoms with Crippen LogP contribution in [-0.4, -0.2) is 19.0 Å². The molecule has 0 spiro atoms. The zero-order valence-electron chi connectivity index (χ0n) is 12.3. The van der Waals surface area contributed by atoms with Crippen LogP contribution in [-0.2, 0) is 11.3 Å². The summed E-state index contributed by atoms with van der Waals surface area (Å²) >= 11 is 0. The van der Waals surface area contributed by atoms with Gasteiger partial charge in [-0.25, -0.2) is 0 Å². The first-order valence-corrected chi connectivity index (χ1v) is 7.21. The maximum Gasteiger partial charge on any atom is 0.220 e. The summed E-state index contributed by atoms with van der Waals surface area (Å²) in [5.74, 6) is 1.24. The van der Waals surface area contributed by atoms with Gasteiger partial charge in [0.25, 0.3) is 0 Å². The zero-order chi connectivity index (χ0) is 13.7. The number of rotatable bonds is 5. The lowest BCUT2D eigenvalue weighted by Crippen LogP contribution is -2.25. The van der Waals surface area contributed by atoms with Gasteiger partial charge in [0.1, 0.15) is 0 Å². The predicted octanol–water partition coefficient (Wildman–Crippen LogP) is 2.85. The number of hydrogen-bond donors (Lipinski definition) is 2. The Morgan fingerprint density at radius 1 is 1.35 bits per heavy atom. The summed E-state index contributed by atoms with van der Waals surface area (Å²) in [7, 11) is 0. The van der Waals surface area contributed by atoms with Gasteiger partial charge in [-0.2, -0.15) is 0 Å². The molecule has 112 valence electrons. The Morgan fingerprint density at radius 2 is 2.05 bits per heavy atom. The molecular weight excluding hydrogens is 272 g/mol. The first-order chi connectivity index (χ1) is 9.15. The second kappa shape index (κ2) is 8.28. The van der Waals surface area contributed by atoms with Crippen LogP contribution in [0.2, 0.25) is 0 Å². The van der Waals surface area contributed by atoms with Gasteiger partial charge in [0.15, 0.2) is 0 Å². The van der Waals surface area contributed by atoms with Crippen LogP contribution in [0.1, 0.15) is 43.7 Å². The standard InChI is InChI=1S/C16H24N2O.ClH/c1-12(2)15-5-3-13(4-6-15)11-18-16(19)9-14-7-8-17-10-14;/h3-6,12,14,17H,7-11H2,1-2H3,(H,18,19);1H. The summed E-state index contributed by atoms with van der Waals surface area (Å²) in [5, 5.41) is 6.30. The molecular formula is C16H25ClN2O. The van der Waals surface area contributed by atoms with Crippen molar-refractivity contribution in [1.29, 1.82) is 0 Å². The fraction of sp³-hybridized carbons (Fsp3) is 0.562. The highest BCUT2D eigenvalue weighted by Gasteiger charge is 2.17. The molecule has 1 aliphatic heterocycles. The second-order valence-corrected chi connectivity index (χ2v) is 5.74. The highest BCUT2D eigenvalue weighted by Crippen LogP contribution is 2.15. The largest absolute Gasteiger partial charge is 0.352 e. The molecule has 1 aromatic carbocycles. The van der Waals surface area contributed by atoms with E-state index in [2.05, 4.69) is 48.7 Å². The Hall–Kier alpha value is -1.06. The Morgan fingerprint density at radius 3 is 2.60 bits per heavy atom. The van der Waals surface area contributed by atoms with E-state index < -0.39 is 0 Å². The summed E-state index contributed by atoms with van der Waals surface area (Å²) in [4.78, 5) is 11.8. The third-order valence-electron chi connectivity index (χ3n) is 3.77. The lowest BCUT2D eigenvalue weighted by atomic mass is 10.0. The number of carbonyl (C=O) groups is 1. The number of carbonyl (C=O) groups excluding carboxylic acids is 1. The van der Waals surface area contributed by atoms with Gasteiger partial charge in [-0.3, -0.25) is 4.79 Å². The van der Waals surface area contributed by atoms with Gasteiger partial charge in [-0.15, -0.1) is 12.4 Å². The van der Waals surface area contributed by atoms with Crippen LogP contribution >= 0.6 is 12.4 Å². The molecule has 1 saturated heterocycles. The summed E-state index contributed by atoms with van der Waals surface area (Å²) in [5.41, 5.74) is 2.51. The van der Waals surface area contributed by atoms with Crippen molar-refractivity contribution < 1.29 is 4.79 Å². The van der Waals surface area contributed by atoms with E-state index >= 15 is 0 Å². The third-order valence-corrected chi connectivity index (χ3v) is 3.77. The lowest BCUT2D eigenvalue weighted by Gasteiger charge is -2.10. The van der Waals surface area contributed by atoms with Crippen molar-refractivity contribution in [3.63, 3.8) is 0 Å². The van der Waals surface area contributed by atoms with Crippen LogP contribution in [0.25, 0.3) is 0 Å². The predicted molar refractivity (Wildman–Crippen MR) is 85.2 cm³/mol. The van der Waals surface area contributed by atoms with Gasteiger partial charge < -0.3 is 10.6 Å². The minimum Gasteiger partial charge on any atom is -0.352 e. The Labute approximate surface area is 127 Å². The maximum atomic E-state index is 11.8. The van der Waals surface area contributed by atoms with Crippen molar-refractivity contribution in [2.24, 2.45) is 5.92 Å². The summed E-state index contributed by atoms with van der Waals surface area (Å²) in [6.07, 6.45) is 1.77. The van der Waals surface area contributed by atoms with E-state index in [1.54, 1.807) is 0 Å². The number of nitrogens with one attached hydrogen (secondary N) is 2. The van der Waals surface area contributed by atoms with Crippen LogP contribution in [0.15, 0.2) is 24.3 Å². The first-order valence-electron chi connectivity index (χ1n) is 7.21. The molecule has 20 heavy (non-hydrogen) atoms. The normalized spacial score (nSPS) is 17.9. The Kier molecular flexibility index (Phi) is 7.03. The highest BCUT2D eigenvalue weighted by molar-refractivity contribution is 5.85. The molecule has 0 aliphatic carbocycles. The second-order valence-electron chi connectivity index (χ2n) is 5.74. The van der Waals surface area contributed by atoms with Crippen molar-refractivity contribution >= 4 is 18.3 Å². The molecule has 1 amide bonds. The van der Waals surface area contributed by atoms with Crippen LogP contribution in [0, 0.1) is 5.92 Å². The van der Waals surface area contributed by atoms with Crippen molar-refractivity contribution in [3.05, 3.63) is 35.4 Å². The molecule has 2 rings (SSSR count). The monoisotopic (exact) mass is 296 g/mol. The van der Waals surface area contributed by atoms with Crippen LogP contribution in [0.3, 0.4) is 0 Å². The minimum atomic E-state index is 0. The van der Waals surface area contributed by atoms with Crippen molar-refractivity contribution in [1.82, 2.24) is 10.6 Å². The molecule has 0 aromatic heterocycles. The third kappa shape index (κ3) is 5.14. The number of halogens is 1. The minimum absolute atomic E-state index is 0. The van der Waals surface area contributed by atoms with Crippen molar-refractivity contribution in [3.8, 4) is 0 Å². The van der Waals surface area contributed by atoms with Gasteiger partial charge in [0.05, 0.1) is 0 Å². The summed E-state index contributed by atoms with van der Waals surface area (Å²) in [6, 6.07) is 8.50. The molecule has 1 heterocycles. The van der Waals surface area contributed by atoms with Crippen LogP contribution in [0.5, 0.6) is 0 Å². The molecule has 1 aliphatic rings. The highest BCUT2D eigenvalue weighted by atomic mass is 35.5. The summed E-state index contributed by atoms with van der Waals surface area (Å²) in [6.45, 7) is 7.04. The molecule has 2 N–H and O–H groups in total. The Balaban J connectivity index is 0.00000200. The van der Waals surface area contributed by atoms with Gasteiger partial charge >= 0.3 is 0 Å². The molecule has 0 saturated carbocycles. The molecule has 0 bridgehead atoms. The van der Waals surface area contributed by atoms with Crippen molar-refractivity contribution in [2.45, 2.75) is 39.2 Å². The molecule has 1 atom stereocenters. The van der Waals surface area contributed by atoms with E-state index in [1.807, 2.05) is 0 Å². The van der Waals surface area contributed by atoms with E-state index in [4.69, 9.17) is 0 Å². The molecule has 4 heteroatoms. The average Bonchev–Trinajstić information content (AvgIpc) is 2.89. The lowest BCUT2D eigenvalue weighted by molar-refractivity contribution is -0.122. The molecule has 1 unspecified atom stereocenters. The smallest absolute Gasteiger partial charge is 0.220 e. The topological polar surface area (TPSA) is 41.1 Å². The van der Waals surface area contributed by atoms with Crippen LogP contribution in [0.4, 0.5) is 0 Å². The number of benzene rings is 1. The molecule has 1 aromatic rings. The zero-order valence-corrected chi connectivity index (χ0v) is 13.1. The van der Waals surface area contributed by atoms with E-state index in [-0.39, 0.29) is 18.3 Å².